The highest BCUT2D eigenvalue weighted by Crippen LogP contribution is 2.23. The second kappa shape index (κ2) is 4.58. The summed E-state index contributed by atoms with van der Waals surface area (Å²) in [6, 6.07) is 4.38. The number of thiophene rings is 1. The number of allylic oxidation sites excluding steroid dienone is 1. The maximum atomic E-state index is 6.00. The zero-order chi connectivity index (χ0) is 9.84. The monoisotopic (exact) mass is 195 g/mol. The van der Waals surface area contributed by atoms with Gasteiger partial charge in [0.2, 0.25) is 0 Å². The van der Waals surface area contributed by atoms with Crippen LogP contribution in [0.5, 0.6) is 0 Å². The van der Waals surface area contributed by atoms with Crippen molar-refractivity contribution in [3.8, 4) is 0 Å². The molecule has 13 heavy (non-hydrogen) atoms. The molecule has 0 radical (unpaired) electrons. The molecule has 0 fully saturated rings. The van der Waals surface area contributed by atoms with Gasteiger partial charge in [-0.3, -0.25) is 0 Å². The lowest BCUT2D eigenvalue weighted by molar-refractivity contribution is 0.923. The maximum Gasteiger partial charge on any atom is 0.0578 e. The molecule has 1 nitrogen and oxygen atoms in total. The summed E-state index contributed by atoms with van der Waals surface area (Å²) in [7, 11) is 0. The van der Waals surface area contributed by atoms with Gasteiger partial charge in [0, 0.05) is 9.75 Å². The van der Waals surface area contributed by atoms with E-state index in [1.54, 1.807) is 0 Å². The number of nitrogens with two attached hydrogens (primary N) is 1. The molecule has 2 N–H and O–H groups in total. The first-order valence-corrected chi connectivity index (χ1v) is 5.44. The summed E-state index contributed by atoms with van der Waals surface area (Å²) >= 11 is 1.81. The van der Waals surface area contributed by atoms with Crippen molar-refractivity contribution in [2.24, 2.45) is 5.73 Å². The number of hydrogen-bond donors (Lipinski definition) is 1. The molecular formula is C11H17NS. The highest BCUT2D eigenvalue weighted by atomic mass is 32.1. The summed E-state index contributed by atoms with van der Waals surface area (Å²) < 4.78 is 0. The minimum absolute atomic E-state index is 0.0790. The fourth-order valence-electron chi connectivity index (χ4n) is 1.20. The summed E-state index contributed by atoms with van der Waals surface area (Å²) in [5, 5.41) is 0. The molecule has 0 saturated carbocycles. The fourth-order valence-corrected chi connectivity index (χ4v) is 2.13. The van der Waals surface area contributed by atoms with Crippen LogP contribution in [0, 0.1) is 0 Å². The quantitative estimate of drug-likeness (QED) is 0.736. The van der Waals surface area contributed by atoms with E-state index in [4.69, 9.17) is 5.73 Å². The summed E-state index contributed by atoms with van der Waals surface area (Å²) in [6.07, 6.45) is 3.21. The van der Waals surface area contributed by atoms with E-state index in [1.807, 2.05) is 11.3 Å². The van der Waals surface area contributed by atoms with Crippen molar-refractivity contribution in [1.82, 2.24) is 0 Å². The molecule has 0 saturated heterocycles. The van der Waals surface area contributed by atoms with E-state index < -0.39 is 0 Å². The molecule has 0 bridgehead atoms. The zero-order valence-corrected chi connectivity index (χ0v) is 9.32. The van der Waals surface area contributed by atoms with Crippen LogP contribution in [0.4, 0.5) is 0 Å². The highest BCUT2D eigenvalue weighted by Gasteiger charge is 2.05. The predicted octanol–water partition coefficient (Wildman–Crippen LogP) is 3.28. The van der Waals surface area contributed by atoms with Crippen molar-refractivity contribution < 1.29 is 0 Å². The van der Waals surface area contributed by atoms with Crippen molar-refractivity contribution in [1.29, 1.82) is 0 Å². The molecule has 2 heteroatoms. The van der Waals surface area contributed by atoms with E-state index in [1.165, 1.54) is 15.3 Å². The number of aryl methyl sites for hydroxylation is 1. The summed E-state index contributed by atoms with van der Waals surface area (Å²) in [4.78, 5) is 2.67. The minimum atomic E-state index is 0.0790. The lowest BCUT2D eigenvalue weighted by Gasteiger charge is -2.03. The van der Waals surface area contributed by atoms with E-state index in [0.717, 1.165) is 6.42 Å². The van der Waals surface area contributed by atoms with E-state index in [9.17, 15) is 0 Å². The molecule has 0 aromatic carbocycles. The number of hydrogen-bond acceptors (Lipinski definition) is 2. The van der Waals surface area contributed by atoms with Crippen LogP contribution in [0.25, 0.3) is 0 Å². The predicted molar refractivity (Wildman–Crippen MR) is 60.1 cm³/mol. The van der Waals surface area contributed by atoms with E-state index in [2.05, 4.69) is 39.0 Å². The van der Waals surface area contributed by atoms with Crippen LogP contribution in [0.2, 0.25) is 0 Å². The van der Waals surface area contributed by atoms with E-state index >= 15 is 0 Å². The van der Waals surface area contributed by atoms with Gasteiger partial charge in [-0.2, -0.15) is 0 Å². The van der Waals surface area contributed by atoms with Crippen molar-refractivity contribution in [2.45, 2.75) is 33.2 Å². The standard InChI is InChI=1S/C11H17NS/c1-4-9-5-6-11(13-9)10(12)7-8(2)3/h5-7,10H,4,12H2,1-3H3. The van der Waals surface area contributed by atoms with Gasteiger partial charge in [-0.15, -0.1) is 11.3 Å². The molecule has 1 aromatic heterocycles. The smallest absolute Gasteiger partial charge is 0.0578 e. The molecule has 0 amide bonds. The van der Waals surface area contributed by atoms with Crippen LogP contribution < -0.4 is 5.73 Å². The molecule has 1 atom stereocenters. The topological polar surface area (TPSA) is 26.0 Å². The molecule has 1 aromatic rings. The lowest BCUT2D eigenvalue weighted by atomic mass is 10.2. The van der Waals surface area contributed by atoms with Gasteiger partial charge < -0.3 is 5.73 Å². The Bertz CT molecular complexity index is 295. The normalized spacial score (nSPS) is 12.6. The molecule has 0 spiro atoms. The molecule has 0 aliphatic carbocycles. The van der Waals surface area contributed by atoms with Crippen LogP contribution in [0.15, 0.2) is 23.8 Å². The van der Waals surface area contributed by atoms with Crippen LogP contribution >= 0.6 is 11.3 Å². The molecule has 0 aliphatic rings. The minimum Gasteiger partial charge on any atom is -0.320 e. The highest BCUT2D eigenvalue weighted by molar-refractivity contribution is 7.12. The van der Waals surface area contributed by atoms with Crippen molar-refractivity contribution in [3.05, 3.63) is 33.5 Å². The van der Waals surface area contributed by atoms with Gasteiger partial charge in [0.15, 0.2) is 0 Å². The SMILES string of the molecule is CCc1ccc(C(N)C=C(C)C)s1. The maximum absolute atomic E-state index is 6.00. The van der Waals surface area contributed by atoms with Crippen molar-refractivity contribution in [2.75, 3.05) is 0 Å². The van der Waals surface area contributed by atoms with Crippen LogP contribution in [0.1, 0.15) is 36.6 Å². The second-order valence-electron chi connectivity index (χ2n) is 3.43. The molecule has 1 rings (SSSR count). The largest absolute Gasteiger partial charge is 0.320 e. The fraction of sp³-hybridized carbons (Fsp3) is 0.455. The van der Waals surface area contributed by atoms with Gasteiger partial charge in [0.1, 0.15) is 0 Å². The Kier molecular flexibility index (Phi) is 3.70. The molecule has 72 valence electrons. The third-order valence-electron chi connectivity index (χ3n) is 1.87. The Balaban J connectivity index is 2.77. The third kappa shape index (κ3) is 2.98. The molecule has 1 heterocycles. The summed E-state index contributed by atoms with van der Waals surface area (Å²) in [5.74, 6) is 0. The second-order valence-corrected chi connectivity index (χ2v) is 4.63. The molecule has 0 aliphatic heterocycles. The molecule has 1 unspecified atom stereocenters. The van der Waals surface area contributed by atoms with Crippen molar-refractivity contribution >= 4 is 11.3 Å². The summed E-state index contributed by atoms with van der Waals surface area (Å²) in [6.45, 7) is 6.32. The van der Waals surface area contributed by atoms with Gasteiger partial charge in [-0.1, -0.05) is 18.6 Å². The van der Waals surface area contributed by atoms with Gasteiger partial charge in [-0.25, -0.2) is 0 Å². The van der Waals surface area contributed by atoms with Gasteiger partial charge in [0.25, 0.3) is 0 Å². The van der Waals surface area contributed by atoms with Gasteiger partial charge >= 0.3 is 0 Å². The van der Waals surface area contributed by atoms with Crippen LogP contribution in [-0.4, -0.2) is 0 Å². The average molecular weight is 195 g/mol. The lowest BCUT2D eigenvalue weighted by Crippen LogP contribution is -2.04. The van der Waals surface area contributed by atoms with Crippen LogP contribution in [0.3, 0.4) is 0 Å². The van der Waals surface area contributed by atoms with Gasteiger partial charge in [-0.05, 0) is 32.4 Å². The first-order valence-electron chi connectivity index (χ1n) is 4.62. The van der Waals surface area contributed by atoms with Gasteiger partial charge in [0.05, 0.1) is 6.04 Å². The van der Waals surface area contributed by atoms with E-state index in [0.29, 0.717) is 0 Å². The van der Waals surface area contributed by atoms with E-state index in [-0.39, 0.29) is 6.04 Å². The first kappa shape index (κ1) is 10.5. The Labute approximate surface area is 84.3 Å². The Morgan fingerprint density at radius 3 is 2.69 bits per heavy atom. The first-order chi connectivity index (χ1) is 6.13. The zero-order valence-electron chi connectivity index (χ0n) is 8.50. The van der Waals surface area contributed by atoms with Crippen LogP contribution in [-0.2, 0) is 6.42 Å². The Hall–Kier alpha value is -0.600. The Morgan fingerprint density at radius 2 is 2.23 bits per heavy atom. The third-order valence-corrected chi connectivity index (χ3v) is 3.20. The average Bonchev–Trinajstić information content (AvgIpc) is 2.50. The Morgan fingerprint density at radius 1 is 1.54 bits per heavy atom. The molecular weight excluding hydrogens is 178 g/mol. The number of rotatable bonds is 3. The summed E-state index contributed by atoms with van der Waals surface area (Å²) in [5.41, 5.74) is 7.27. The van der Waals surface area contributed by atoms with Crippen molar-refractivity contribution in [3.63, 3.8) is 0 Å².